The topological polar surface area (TPSA) is 127 Å². The van der Waals surface area contributed by atoms with Crippen LogP contribution in [0, 0.1) is 17.8 Å². The molecular formula is C29H35N5O6. The molecule has 212 valence electrons. The Kier molecular flexibility index (Phi) is 6.53. The number of hydrogen-bond acceptors (Lipinski definition) is 8. The molecule has 1 aromatic carbocycles. The van der Waals surface area contributed by atoms with Crippen LogP contribution in [0.2, 0.25) is 0 Å². The van der Waals surface area contributed by atoms with Gasteiger partial charge in [-0.15, -0.1) is 5.10 Å². The van der Waals surface area contributed by atoms with Crippen molar-refractivity contribution in [2.24, 2.45) is 17.8 Å². The molecule has 1 spiro atoms. The fraction of sp³-hybridized carbons (Fsp3) is 0.552. The third-order valence-corrected chi connectivity index (χ3v) is 9.11. The summed E-state index contributed by atoms with van der Waals surface area (Å²) in [7, 11) is 0. The van der Waals surface area contributed by atoms with Crippen molar-refractivity contribution in [2.45, 2.75) is 63.6 Å². The summed E-state index contributed by atoms with van der Waals surface area (Å²) in [6.07, 6.45) is 8.57. The molecule has 1 aromatic heterocycles. The van der Waals surface area contributed by atoms with E-state index in [2.05, 4.69) is 10.3 Å². The van der Waals surface area contributed by atoms with Gasteiger partial charge < -0.3 is 24.4 Å². The van der Waals surface area contributed by atoms with E-state index < -0.39 is 41.1 Å². The molecule has 1 N–H and O–H groups in total. The summed E-state index contributed by atoms with van der Waals surface area (Å²) in [5.74, 6) is -3.25. The maximum absolute atomic E-state index is 14.6. The molecule has 40 heavy (non-hydrogen) atoms. The third kappa shape index (κ3) is 3.81. The van der Waals surface area contributed by atoms with Gasteiger partial charge in [0, 0.05) is 6.54 Å². The predicted molar refractivity (Wildman–Crippen MR) is 143 cm³/mol. The monoisotopic (exact) mass is 549 g/mol. The lowest BCUT2D eigenvalue weighted by Gasteiger charge is -2.41. The molecule has 0 radical (unpaired) electrons. The van der Waals surface area contributed by atoms with Gasteiger partial charge in [-0.25, -0.2) is 4.68 Å². The summed E-state index contributed by atoms with van der Waals surface area (Å²) in [5, 5.41) is 19.0. The van der Waals surface area contributed by atoms with Gasteiger partial charge in [-0.3, -0.25) is 14.4 Å². The summed E-state index contributed by atoms with van der Waals surface area (Å²) in [6.45, 7) is 5.95. The van der Waals surface area contributed by atoms with Gasteiger partial charge >= 0.3 is 5.97 Å². The fourth-order valence-corrected chi connectivity index (χ4v) is 6.96. The van der Waals surface area contributed by atoms with Gasteiger partial charge in [0.2, 0.25) is 5.91 Å². The van der Waals surface area contributed by atoms with Crippen LogP contribution < -0.4 is 0 Å². The van der Waals surface area contributed by atoms with Gasteiger partial charge in [0.25, 0.3) is 5.91 Å². The Hall–Kier alpha value is -3.57. The smallest absolute Gasteiger partial charge is 0.313 e. The van der Waals surface area contributed by atoms with Crippen LogP contribution in [0.3, 0.4) is 0 Å². The van der Waals surface area contributed by atoms with Gasteiger partial charge in [0.15, 0.2) is 0 Å². The molecule has 0 saturated carbocycles. The Bertz CT molecular complexity index is 1400. The number of esters is 1. The van der Waals surface area contributed by atoms with E-state index in [4.69, 9.17) is 9.47 Å². The van der Waals surface area contributed by atoms with E-state index in [1.807, 2.05) is 56.3 Å². The lowest BCUT2D eigenvalue weighted by Crippen LogP contribution is -2.60. The van der Waals surface area contributed by atoms with E-state index in [1.165, 1.54) is 4.90 Å². The molecule has 4 aliphatic rings. The molecular weight excluding hydrogens is 514 g/mol. The van der Waals surface area contributed by atoms with Crippen molar-refractivity contribution in [2.75, 3.05) is 19.8 Å². The van der Waals surface area contributed by atoms with Gasteiger partial charge in [0.05, 0.1) is 36.3 Å². The van der Waals surface area contributed by atoms with Crippen LogP contribution in [-0.2, 0) is 30.5 Å². The van der Waals surface area contributed by atoms with Crippen LogP contribution in [0.25, 0.3) is 11.0 Å². The number of para-hydroxylation sites is 1. The molecule has 11 nitrogen and oxygen atoms in total. The van der Waals surface area contributed by atoms with Crippen molar-refractivity contribution in [3.05, 3.63) is 48.6 Å². The molecule has 1 unspecified atom stereocenters. The van der Waals surface area contributed by atoms with Gasteiger partial charge in [-0.05, 0) is 31.4 Å². The number of ether oxygens (including phenoxy) is 2. The van der Waals surface area contributed by atoms with Crippen molar-refractivity contribution in [3.63, 3.8) is 0 Å². The quantitative estimate of drug-likeness (QED) is 0.426. The number of aliphatic hydroxyl groups excluding tert-OH is 1. The molecule has 6 rings (SSSR count). The number of hydrogen-bond donors (Lipinski definition) is 1. The molecule has 2 saturated heterocycles. The largest absolute Gasteiger partial charge is 0.465 e. The summed E-state index contributed by atoms with van der Waals surface area (Å²) >= 11 is 0. The standard InChI is InChI=1S/C29H35N5O6/c1-4-18(2)21(16-35)34-24-26(37)32(17-33-20-11-6-5-10-19(20)30-31-33)14-9-13-29(24)22(25(34)36)23-27(38)39-15-8-7-12-28(23,3)40-29/h5-7,9-13,18,21-24,35H,4,8,14-17H2,1-3H3/t18-,21-,22-,23+,24?,28-,29-/m0/s1. The molecule has 0 aliphatic carbocycles. The minimum Gasteiger partial charge on any atom is -0.465 e. The van der Waals surface area contributed by atoms with Crippen LogP contribution in [0.15, 0.2) is 48.6 Å². The number of carbonyl (C=O) groups excluding carboxylic acids is 3. The first-order valence-electron chi connectivity index (χ1n) is 14.0. The van der Waals surface area contributed by atoms with Gasteiger partial charge in [-0.2, -0.15) is 0 Å². The fourth-order valence-electron chi connectivity index (χ4n) is 6.96. The van der Waals surface area contributed by atoms with Crippen LogP contribution in [-0.4, -0.2) is 90.7 Å². The Morgan fingerprint density at radius 3 is 2.70 bits per heavy atom. The number of aliphatic hydroxyl groups is 1. The van der Waals surface area contributed by atoms with E-state index in [-0.39, 0.29) is 44.2 Å². The second-order valence-corrected chi connectivity index (χ2v) is 11.4. The average molecular weight is 550 g/mol. The highest BCUT2D eigenvalue weighted by molar-refractivity contribution is 5.99. The van der Waals surface area contributed by atoms with Crippen LogP contribution in [0.5, 0.6) is 0 Å². The Labute approximate surface area is 232 Å². The minimum atomic E-state index is -1.42. The summed E-state index contributed by atoms with van der Waals surface area (Å²) < 4.78 is 14.0. The van der Waals surface area contributed by atoms with E-state index in [0.717, 1.165) is 5.52 Å². The van der Waals surface area contributed by atoms with Crippen LogP contribution in [0.1, 0.15) is 33.6 Å². The zero-order valence-corrected chi connectivity index (χ0v) is 23.0. The summed E-state index contributed by atoms with van der Waals surface area (Å²) in [5.41, 5.74) is -1.07. The Morgan fingerprint density at radius 2 is 1.93 bits per heavy atom. The summed E-state index contributed by atoms with van der Waals surface area (Å²) in [6, 6.07) is 5.77. The van der Waals surface area contributed by atoms with Crippen molar-refractivity contribution < 1.29 is 29.0 Å². The molecule has 0 bridgehead atoms. The number of amides is 2. The highest BCUT2D eigenvalue weighted by Crippen LogP contribution is 2.57. The Balaban J connectivity index is 1.47. The first-order valence-corrected chi connectivity index (χ1v) is 14.0. The predicted octanol–water partition coefficient (Wildman–Crippen LogP) is 1.67. The SMILES string of the molecule is CC[C@H](C)[C@H](CO)N1C(=O)[C@@H]2[C@@H]3C(=O)OCCC=C[C@]3(C)O[C@@]23C=CCN(Cn2nnc4ccccc42)C(=O)C13. The Morgan fingerprint density at radius 1 is 1.12 bits per heavy atom. The van der Waals surface area contributed by atoms with E-state index in [9.17, 15) is 19.5 Å². The first-order chi connectivity index (χ1) is 19.3. The van der Waals surface area contributed by atoms with Crippen LogP contribution in [0.4, 0.5) is 0 Å². The molecule has 2 amide bonds. The van der Waals surface area contributed by atoms with E-state index in [1.54, 1.807) is 22.6 Å². The van der Waals surface area contributed by atoms with Gasteiger partial charge in [0.1, 0.15) is 29.7 Å². The number of benzene rings is 1. The number of likely N-dealkylation sites (tertiary alicyclic amines) is 1. The zero-order chi connectivity index (χ0) is 28.2. The van der Waals surface area contributed by atoms with Crippen molar-refractivity contribution in [1.82, 2.24) is 24.8 Å². The third-order valence-electron chi connectivity index (χ3n) is 9.11. The second-order valence-electron chi connectivity index (χ2n) is 11.4. The maximum atomic E-state index is 14.6. The van der Waals surface area contributed by atoms with Crippen LogP contribution >= 0.6 is 0 Å². The zero-order valence-electron chi connectivity index (χ0n) is 23.0. The normalized spacial score (nSPS) is 33.2. The molecule has 2 aromatic rings. The lowest BCUT2D eigenvalue weighted by molar-refractivity contribution is -0.163. The first kappa shape index (κ1) is 26.6. The van der Waals surface area contributed by atoms with Crippen molar-refractivity contribution in [3.8, 4) is 0 Å². The van der Waals surface area contributed by atoms with Crippen molar-refractivity contribution in [1.29, 1.82) is 0 Å². The number of fused-ring (bicyclic) bond motifs is 3. The molecule has 2 fully saturated rings. The number of rotatable bonds is 6. The second kappa shape index (κ2) is 9.81. The van der Waals surface area contributed by atoms with E-state index >= 15 is 0 Å². The molecule has 5 heterocycles. The highest BCUT2D eigenvalue weighted by Gasteiger charge is 2.75. The minimum absolute atomic E-state index is 0.104. The average Bonchev–Trinajstić information content (AvgIpc) is 3.50. The number of nitrogens with zero attached hydrogens (tertiary/aromatic N) is 5. The number of aromatic nitrogens is 3. The van der Waals surface area contributed by atoms with E-state index in [0.29, 0.717) is 18.4 Å². The number of carbonyl (C=O) groups is 3. The van der Waals surface area contributed by atoms with Crippen molar-refractivity contribution >= 4 is 28.8 Å². The number of cyclic esters (lactones) is 1. The molecule has 7 atom stereocenters. The maximum Gasteiger partial charge on any atom is 0.313 e. The highest BCUT2D eigenvalue weighted by atomic mass is 16.6. The molecule has 11 heteroatoms. The lowest BCUT2D eigenvalue weighted by atomic mass is 9.74. The molecule has 4 aliphatic heterocycles. The van der Waals surface area contributed by atoms with Gasteiger partial charge in [-0.1, -0.05) is 61.9 Å². The summed E-state index contributed by atoms with van der Waals surface area (Å²) in [4.78, 5) is 45.6.